The number of nitrogens with one attached hydrogen (secondary N) is 1. The number of amides is 1. The fourth-order valence-electron chi connectivity index (χ4n) is 3.08. The van der Waals surface area contributed by atoms with Crippen LogP contribution in [0, 0.1) is 0 Å². The predicted octanol–water partition coefficient (Wildman–Crippen LogP) is 1.44. The van der Waals surface area contributed by atoms with Crippen molar-refractivity contribution in [3.05, 3.63) is 24.4 Å². The van der Waals surface area contributed by atoms with E-state index in [9.17, 15) is 4.79 Å². The summed E-state index contributed by atoms with van der Waals surface area (Å²) in [6.45, 7) is 11.6. The highest BCUT2D eigenvalue weighted by molar-refractivity contribution is 5.68. The lowest BCUT2D eigenvalue weighted by Gasteiger charge is -2.41. The highest BCUT2D eigenvalue weighted by atomic mass is 16.6. The van der Waals surface area contributed by atoms with Crippen LogP contribution in [0.25, 0.3) is 0 Å². The average Bonchev–Trinajstić information content (AvgIpc) is 2.55. The van der Waals surface area contributed by atoms with Gasteiger partial charge in [0.05, 0.1) is 0 Å². The van der Waals surface area contributed by atoms with E-state index in [0.29, 0.717) is 6.54 Å². The molecule has 25 heavy (non-hydrogen) atoms. The molecule has 2 atom stereocenters. The second kappa shape index (κ2) is 8.49. The highest BCUT2D eigenvalue weighted by Crippen LogP contribution is 2.15. The lowest BCUT2D eigenvalue weighted by molar-refractivity contribution is 0.0467. The quantitative estimate of drug-likeness (QED) is 0.837. The van der Waals surface area contributed by atoms with Crippen molar-refractivity contribution in [2.45, 2.75) is 45.4 Å². The average molecular weight is 349 g/mol. The van der Waals surface area contributed by atoms with Gasteiger partial charge in [0, 0.05) is 51.0 Å². The molecule has 1 amide bonds. The van der Waals surface area contributed by atoms with Gasteiger partial charge in [-0.3, -0.25) is 4.90 Å². The Morgan fingerprint density at radius 3 is 2.52 bits per heavy atom. The van der Waals surface area contributed by atoms with Crippen LogP contribution in [0.5, 0.6) is 0 Å². The van der Waals surface area contributed by atoms with Gasteiger partial charge in [0.25, 0.3) is 0 Å². The molecule has 2 heterocycles. The summed E-state index contributed by atoms with van der Waals surface area (Å²) in [6.07, 6.45) is 1.42. The first-order chi connectivity index (χ1) is 11.8. The Morgan fingerprint density at radius 2 is 2.00 bits per heavy atom. The number of pyridine rings is 1. The smallest absolute Gasteiger partial charge is 0.407 e. The van der Waals surface area contributed by atoms with Crippen LogP contribution in [-0.2, 0) is 4.74 Å². The third-order valence-electron chi connectivity index (χ3n) is 4.32. The first kappa shape index (κ1) is 19.5. The molecule has 0 saturated carbocycles. The van der Waals surface area contributed by atoms with Gasteiger partial charge in [0.15, 0.2) is 0 Å². The number of nitrogens with zero attached hydrogens (tertiary/aromatic N) is 3. The molecule has 0 aliphatic carbocycles. The zero-order valence-corrected chi connectivity index (χ0v) is 15.7. The number of carbonyl (C=O) groups is 1. The highest BCUT2D eigenvalue weighted by Gasteiger charge is 2.29. The van der Waals surface area contributed by atoms with Gasteiger partial charge in [-0.1, -0.05) is 6.07 Å². The van der Waals surface area contributed by atoms with E-state index in [1.165, 1.54) is 0 Å². The zero-order valence-electron chi connectivity index (χ0n) is 15.7. The van der Waals surface area contributed by atoms with Crippen molar-refractivity contribution < 1.29 is 9.53 Å². The Hall–Kier alpha value is -1.86. The Balaban J connectivity index is 1.88. The molecule has 3 N–H and O–H groups in total. The van der Waals surface area contributed by atoms with E-state index in [1.54, 1.807) is 0 Å². The topological polar surface area (TPSA) is 83.7 Å². The molecule has 1 aromatic rings. The molecule has 7 heteroatoms. The molecule has 1 aromatic heterocycles. The van der Waals surface area contributed by atoms with Crippen molar-refractivity contribution in [3.8, 4) is 0 Å². The molecule has 140 valence electrons. The summed E-state index contributed by atoms with van der Waals surface area (Å²) >= 11 is 0. The first-order valence-electron chi connectivity index (χ1n) is 8.90. The number of anilines is 1. The van der Waals surface area contributed by atoms with E-state index in [0.717, 1.165) is 32.0 Å². The van der Waals surface area contributed by atoms with Crippen LogP contribution >= 0.6 is 0 Å². The van der Waals surface area contributed by atoms with Gasteiger partial charge < -0.3 is 20.7 Å². The zero-order chi connectivity index (χ0) is 18.4. The predicted molar refractivity (Wildman–Crippen MR) is 99.7 cm³/mol. The van der Waals surface area contributed by atoms with E-state index in [1.807, 2.05) is 52.1 Å². The van der Waals surface area contributed by atoms with Gasteiger partial charge in [0.1, 0.15) is 11.4 Å². The van der Waals surface area contributed by atoms with E-state index < -0.39 is 11.7 Å². The largest absolute Gasteiger partial charge is 0.444 e. The van der Waals surface area contributed by atoms with Crippen LogP contribution in [0.15, 0.2) is 24.4 Å². The summed E-state index contributed by atoms with van der Waals surface area (Å²) in [5, 5.41) is 2.92. The molecule has 0 aromatic carbocycles. The molecule has 0 radical (unpaired) electrons. The Bertz CT molecular complexity index is 538. The lowest BCUT2D eigenvalue weighted by Crippen LogP contribution is -2.59. The van der Waals surface area contributed by atoms with Crippen molar-refractivity contribution in [1.29, 1.82) is 0 Å². The molecule has 2 rings (SSSR count). The maximum atomic E-state index is 12.0. The molecule has 1 aliphatic heterocycles. The molecule has 7 nitrogen and oxygen atoms in total. The van der Waals surface area contributed by atoms with Crippen LogP contribution in [0.1, 0.15) is 27.7 Å². The normalized spacial score (nSPS) is 18.5. The molecule has 1 saturated heterocycles. The fraction of sp³-hybridized carbons (Fsp3) is 0.667. The van der Waals surface area contributed by atoms with Gasteiger partial charge in [-0.25, -0.2) is 9.78 Å². The first-order valence-corrected chi connectivity index (χ1v) is 8.90. The molecule has 2 unspecified atom stereocenters. The van der Waals surface area contributed by atoms with Gasteiger partial charge in [-0.2, -0.15) is 0 Å². The SMILES string of the molecule is CC(NC(=O)OC(C)(C)C)C(CN)N1CCN(c2ccccn2)CC1. The number of hydrogen-bond donors (Lipinski definition) is 2. The fourth-order valence-corrected chi connectivity index (χ4v) is 3.08. The van der Waals surface area contributed by atoms with Crippen LogP contribution in [-0.4, -0.2) is 66.4 Å². The Kier molecular flexibility index (Phi) is 6.61. The Labute approximate surface area is 150 Å². The number of nitrogens with two attached hydrogens (primary N) is 1. The number of carbonyl (C=O) groups excluding carboxylic acids is 1. The minimum absolute atomic E-state index is 0.0819. The van der Waals surface area contributed by atoms with Gasteiger partial charge in [-0.15, -0.1) is 0 Å². The van der Waals surface area contributed by atoms with Crippen molar-refractivity contribution in [2.75, 3.05) is 37.6 Å². The molecule has 1 aliphatic rings. The van der Waals surface area contributed by atoms with Crippen LogP contribution < -0.4 is 16.0 Å². The van der Waals surface area contributed by atoms with E-state index in [4.69, 9.17) is 10.5 Å². The minimum Gasteiger partial charge on any atom is -0.444 e. The standard InChI is InChI=1S/C18H31N5O2/c1-14(21-17(24)25-18(2,3)4)15(13-19)22-9-11-23(12-10-22)16-7-5-6-8-20-16/h5-8,14-15H,9-13,19H2,1-4H3,(H,21,24). The second-order valence-corrected chi connectivity index (χ2v) is 7.45. The summed E-state index contributed by atoms with van der Waals surface area (Å²) in [4.78, 5) is 21.0. The molecule has 1 fully saturated rings. The van der Waals surface area contributed by atoms with Crippen LogP contribution in [0.4, 0.5) is 10.6 Å². The van der Waals surface area contributed by atoms with Crippen LogP contribution in [0.2, 0.25) is 0 Å². The van der Waals surface area contributed by atoms with Crippen molar-refractivity contribution in [3.63, 3.8) is 0 Å². The number of hydrogen-bond acceptors (Lipinski definition) is 6. The summed E-state index contributed by atoms with van der Waals surface area (Å²) in [6, 6.07) is 5.96. The monoisotopic (exact) mass is 349 g/mol. The van der Waals surface area contributed by atoms with Crippen molar-refractivity contribution in [2.24, 2.45) is 5.73 Å². The van der Waals surface area contributed by atoms with Gasteiger partial charge in [-0.05, 0) is 39.8 Å². The van der Waals surface area contributed by atoms with E-state index >= 15 is 0 Å². The number of rotatable bonds is 5. The summed E-state index contributed by atoms with van der Waals surface area (Å²) in [5.41, 5.74) is 5.49. The number of piperazine rings is 1. The molecule has 0 bridgehead atoms. The molecular formula is C18H31N5O2. The summed E-state index contributed by atoms with van der Waals surface area (Å²) in [7, 11) is 0. The third-order valence-corrected chi connectivity index (χ3v) is 4.32. The number of ether oxygens (including phenoxy) is 1. The minimum atomic E-state index is -0.504. The second-order valence-electron chi connectivity index (χ2n) is 7.45. The maximum Gasteiger partial charge on any atom is 0.407 e. The van der Waals surface area contributed by atoms with E-state index in [-0.39, 0.29) is 12.1 Å². The molecular weight excluding hydrogens is 318 g/mol. The molecule has 0 spiro atoms. The van der Waals surface area contributed by atoms with Gasteiger partial charge in [0.2, 0.25) is 0 Å². The number of alkyl carbamates (subject to hydrolysis) is 1. The lowest BCUT2D eigenvalue weighted by atomic mass is 10.1. The Morgan fingerprint density at radius 1 is 1.32 bits per heavy atom. The summed E-state index contributed by atoms with van der Waals surface area (Å²) < 4.78 is 5.34. The summed E-state index contributed by atoms with van der Waals surface area (Å²) in [5.74, 6) is 1.01. The number of aromatic nitrogens is 1. The van der Waals surface area contributed by atoms with Crippen molar-refractivity contribution in [1.82, 2.24) is 15.2 Å². The van der Waals surface area contributed by atoms with Crippen LogP contribution in [0.3, 0.4) is 0 Å². The van der Waals surface area contributed by atoms with Crippen molar-refractivity contribution >= 4 is 11.9 Å². The maximum absolute atomic E-state index is 12.0. The van der Waals surface area contributed by atoms with E-state index in [2.05, 4.69) is 20.1 Å². The third kappa shape index (κ3) is 5.86. The van der Waals surface area contributed by atoms with Gasteiger partial charge >= 0.3 is 6.09 Å².